The summed E-state index contributed by atoms with van der Waals surface area (Å²) in [5, 5.41) is 16.7. The molecule has 1 fully saturated rings. The van der Waals surface area contributed by atoms with Crippen molar-refractivity contribution in [3.63, 3.8) is 0 Å². The van der Waals surface area contributed by atoms with Gasteiger partial charge in [-0.25, -0.2) is 4.39 Å². The van der Waals surface area contributed by atoms with Crippen LogP contribution < -0.4 is 15.4 Å². The van der Waals surface area contributed by atoms with Gasteiger partial charge in [-0.2, -0.15) is 9.97 Å². The van der Waals surface area contributed by atoms with Gasteiger partial charge < -0.3 is 25.5 Å². The zero-order chi connectivity index (χ0) is 24.1. The van der Waals surface area contributed by atoms with Crippen LogP contribution in [0.2, 0.25) is 0 Å². The number of carbonyl (C=O) groups excluding carboxylic acids is 1. The van der Waals surface area contributed by atoms with E-state index in [-0.39, 0.29) is 42.0 Å². The first kappa shape index (κ1) is 23.3. The summed E-state index contributed by atoms with van der Waals surface area (Å²) in [6.07, 6.45) is 5.78. The van der Waals surface area contributed by atoms with Gasteiger partial charge in [0, 0.05) is 30.4 Å². The lowest BCUT2D eigenvalue weighted by molar-refractivity contribution is -0.389. The number of amides is 1. The number of pyridine rings is 1. The molecule has 1 unspecified atom stereocenters. The minimum atomic E-state index is -0.577. The summed E-state index contributed by atoms with van der Waals surface area (Å²) in [6, 6.07) is 8.41. The standard InChI is InChI=1S/C23H25FN6O4/c1-14(25-9-10-34-23-27-13-21(29-23)30(32)33)16-6-8-20(26-12-16)15-5-7-18(19(24)11-15)22(31)28-17-3-2-4-17/h5-8,11-14,17,25H,2-4,9-10H2,1H3,(H,27,29)(H,28,31). The summed E-state index contributed by atoms with van der Waals surface area (Å²) < 4.78 is 19.9. The van der Waals surface area contributed by atoms with E-state index >= 15 is 0 Å². The van der Waals surface area contributed by atoms with Crippen LogP contribution in [0.3, 0.4) is 0 Å². The first-order chi connectivity index (χ1) is 16.4. The molecule has 0 spiro atoms. The maximum atomic E-state index is 14.6. The Hall–Kier alpha value is -3.86. The Bertz CT molecular complexity index is 1160. The van der Waals surface area contributed by atoms with Gasteiger partial charge in [0.15, 0.2) is 0 Å². The second-order valence-electron chi connectivity index (χ2n) is 8.13. The van der Waals surface area contributed by atoms with Crippen molar-refractivity contribution in [3.8, 4) is 17.3 Å². The number of carbonyl (C=O) groups is 1. The Morgan fingerprint density at radius 1 is 1.29 bits per heavy atom. The molecule has 178 valence electrons. The van der Waals surface area contributed by atoms with Crippen LogP contribution >= 0.6 is 0 Å². The van der Waals surface area contributed by atoms with Crippen LogP contribution in [-0.2, 0) is 0 Å². The van der Waals surface area contributed by atoms with Gasteiger partial charge in [0.05, 0.1) is 11.3 Å². The molecule has 1 aliphatic carbocycles. The molecular weight excluding hydrogens is 443 g/mol. The van der Waals surface area contributed by atoms with E-state index in [0.29, 0.717) is 17.8 Å². The maximum Gasteiger partial charge on any atom is 0.388 e. The zero-order valence-electron chi connectivity index (χ0n) is 18.6. The molecule has 11 heteroatoms. The second-order valence-corrected chi connectivity index (χ2v) is 8.13. The third-order valence-corrected chi connectivity index (χ3v) is 5.76. The highest BCUT2D eigenvalue weighted by Gasteiger charge is 2.22. The van der Waals surface area contributed by atoms with E-state index in [0.717, 1.165) is 31.0 Å². The molecule has 1 saturated carbocycles. The molecule has 1 amide bonds. The molecule has 34 heavy (non-hydrogen) atoms. The maximum absolute atomic E-state index is 14.6. The van der Waals surface area contributed by atoms with Gasteiger partial charge in [-0.05, 0) is 54.9 Å². The molecule has 2 heterocycles. The Morgan fingerprint density at radius 2 is 2.12 bits per heavy atom. The van der Waals surface area contributed by atoms with Crippen LogP contribution in [0.25, 0.3) is 11.3 Å². The van der Waals surface area contributed by atoms with Gasteiger partial charge in [-0.3, -0.25) is 9.78 Å². The predicted molar refractivity (Wildman–Crippen MR) is 122 cm³/mol. The fourth-order valence-electron chi connectivity index (χ4n) is 3.51. The van der Waals surface area contributed by atoms with Crippen molar-refractivity contribution < 1.29 is 18.8 Å². The molecule has 1 aromatic carbocycles. The number of benzene rings is 1. The summed E-state index contributed by atoms with van der Waals surface area (Å²) in [4.78, 5) is 33.0. The van der Waals surface area contributed by atoms with E-state index in [1.807, 2.05) is 13.0 Å². The minimum absolute atomic E-state index is 0.0367. The lowest BCUT2D eigenvalue weighted by atomic mass is 9.93. The fourth-order valence-corrected chi connectivity index (χ4v) is 3.51. The quantitative estimate of drug-likeness (QED) is 0.235. The Kier molecular flexibility index (Phi) is 7.12. The highest BCUT2D eigenvalue weighted by Crippen LogP contribution is 2.23. The van der Waals surface area contributed by atoms with Crippen molar-refractivity contribution in [3.05, 3.63) is 69.8 Å². The van der Waals surface area contributed by atoms with E-state index in [1.165, 1.54) is 12.1 Å². The average Bonchev–Trinajstić information content (AvgIpc) is 3.28. The van der Waals surface area contributed by atoms with Crippen LogP contribution in [0.15, 0.2) is 42.7 Å². The molecule has 1 atom stereocenters. The average molecular weight is 468 g/mol. The normalized spacial score (nSPS) is 14.3. The summed E-state index contributed by atoms with van der Waals surface area (Å²) >= 11 is 0. The van der Waals surface area contributed by atoms with Crippen LogP contribution in [0, 0.1) is 15.9 Å². The first-order valence-corrected chi connectivity index (χ1v) is 11.0. The monoisotopic (exact) mass is 468 g/mol. The molecule has 1 aliphatic rings. The predicted octanol–water partition coefficient (Wildman–Crippen LogP) is 3.53. The molecule has 0 saturated heterocycles. The molecule has 2 aromatic heterocycles. The molecule has 4 rings (SSSR count). The first-order valence-electron chi connectivity index (χ1n) is 11.0. The van der Waals surface area contributed by atoms with Crippen molar-refractivity contribution in [1.29, 1.82) is 0 Å². The number of rotatable bonds is 10. The van der Waals surface area contributed by atoms with Gasteiger partial charge in [-0.15, -0.1) is 0 Å². The SMILES string of the molecule is CC(NCCOc1ncc([N+](=O)[O-])[nH]1)c1ccc(-c2ccc(C(=O)NC3CCC3)c(F)c2)nc1. The molecule has 3 aromatic rings. The van der Waals surface area contributed by atoms with Crippen LogP contribution in [0.4, 0.5) is 10.2 Å². The number of hydrogen-bond acceptors (Lipinski definition) is 7. The number of aromatic nitrogens is 3. The largest absolute Gasteiger partial charge is 0.446 e. The third kappa shape index (κ3) is 5.54. The molecular formula is C23H25FN6O4. The van der Waals surface area contributed by atoms with Crippen molar-refractivity contribution >= 4 is 11.7 Å². The second kappa shape index (κ2) is 10.4. The molecule has 0 aliphatic heterocycles. The van der Waals surface area contributed by atoms with Crippen LogP contribution in [0.5, 0.6) is 6.01 Å². The summed E-state index contributed by atoms with van der Waals surface area (Å²) in [6.45, 7) is 2.71. The Balaban J connectivity index is 1.29. The van der Waals surface area contributed by atoms with Crippen LogP contribution in [-0.4, -0.2) is 45.0 Å². The van der Waals surface area contributed by atoms with E-state index in [4.69, 9.17) is 4.74 Å². The third-order valence-electron chi connectivity index (χ3n) is 5.76. The van der Waals surface area contributed by atoms with Crippen molar-refractivity contribution in [2.24, 2.45) is 0 Å². The number of aromatic amines is 1. The Labute approximate surface area is 195 Å². The van der Waals surface area contributed by atoms with E-state index < -0.39 is 10.7 Å². The minimum Gasteiger partial charge on any atom is -0.446 e. The zero-order valence-corrected chi connectivity index (χ0v) is 18.6. The number of H-pyrrole nitrogens is 1. The van der Waals surface area contributed by atoms with Gasteiger partial charge in [-0.1, -0.05) is 12.1 Å². The van der Waals surface area contributed by atoms with Gasteiger partial charge in [0.2, 0.25) is 0 Å². The highest BCUT2D eigenvalue weighted by molar-refractivity contribution is 5.95. The van der Waals surface area contributed by atoms with Gasteiger partial charge in [0.25, 0.3) is 5.91 Å². The van der Waals surface area contributed by atoms with Crippen molar-refractivity contribution in [2.45, 2.75) is 38.3 Å². The van der Waals surface area contributed by atoms with Gasteiger partial charge in [0.1, 0.15) is 18.6 Å². The lowest BCUT2D eigenvalue weighted by Crippen LogP contribution is -2.39. The lowest BCUT2D eigenvalue weighted by Gasteiger charge is -2.26. The number of nitrogens with one attached hydrogen (secondary N) is 3. The molecule has 0 bridgehead atoms. The number of ether oxygens (including phenoxy) is 1. The summed E-state index contributed by atoms with van der Waals surface area (Å²) in [5.41, 5.74) is 2.15. The smallest absolute Gasteiger partial charge is 0.388 e. The number of nitrogens with zero attached hydrogens (tertiary/aromatic N) is 3. The van der Waals surface area contributed by atoms with Crippen molar-refractivity contribution in [2.75, 3.05) is 13.2 Å². The highest BCUT2D eigenvalue weighted by atomic mass is 19.1. The van der Waals surface area contributed by atoms with Gasteiger partial charge >= 0.3 is 11.8 Å². The number of nitro groups is 1. The number of imidazole rings is 1. The Morgan fingerprint density at radius 3 is 2.74 bits per heavy atom. The van der Waals surface area contributed by atoms with Crippen molar-refractivity contribution in [1.82, 2.24) is 25.6 Å². The number of hydrogen-bond donors (Lipinski definition) is 3. The van der Waals surface area contributed by atoms with Crippen LogP contribution in [0.1, 0.15) is 48.1 Å². The molecule has 10 nitrogen and oxygen atoms in total. The molecule has 0 radical (unpaired) electrons. The topological polar surface area (TPSA) is 135 Å². The van der Waals surface area contributed by atoms with E-state index in [1.54, 1.807) is 18.3 Å². The van der Waals surface area contributed by atoms with E-state index in [9.17, 15) is 19.3 Å². The summed E-state index contributed by atoms with van der Waals surface area (Å²) in [5.74, 6) is -1.18. The number of halogens is 1. The van der Waals surface area contributed by atoms with E-state index in [2.05, 4.69) is 25.6 Å². The fraction of sp³-hybridized carbons (Fsp3) is 0.348. The summed E-state index contributed by atoms with van der Waals surface area (Å²) in [7, 11) is 0. The molecule has 3 N–H and O–H groups in total.